The van der Waals surface area contributed by atoms with Gasteiger partial charge in [0.2, 0.25) is 10.0 Å². The quantitative estimate of drug-likeness (QED) is 0.846. The lowest BCUT2D eigenvalue weighted by molar-refractivity contribution is 0.169. The lowest BCUT2D eigenvalue weighted by atomic mass is 9.92. The molecule has 0 spiro atoms. The number of fused-ring (bicyclic) bond motifs is 1. The molecule has 1 atom stereocenters. The van der Waals surface area contributed by atoms with E-state index in [0.29, 0.717) is 11.3 Å². The van der Waals surface area contributed by atoms with Gasteiger partial charge in [-0.1, -0.05) is 36.4 Å². The number of benzene rings is 2. The summed E-state index contributed by atoms with van der Waals surface area (Å²) >= 11 is 0. The summed E-state index contributed by atoms with van der Waals surface area (Å²) in [7, 11) is -3.53. The van der Waals surface area contributed by atoms with Crippen LogP contribution < -0.4 is 4.72 Å². The fourth-order valence-electron chi connectivity index (χ4n) is 3.13. The van der Waals surface area contributed by atoms with Gasteiger partial charge in [-0.05, 0) is 60.9 Å². The summed E-state index contributed by atoms with van der Waals surface area (Å²) < 4.78 is 27.5. The fraction of sp³-hybridized carbons (Fsp3) is 0.368. The first-order chi connectivity index (χ1) is 11.6. The molecule has 0 aliphatic heterocycles. The number of aliphatic hydroxyl groups is 1. The van der Waals surface area contributed by atoms with E-state index in [4.69, 9.17) is 0 Å². The molecule has 0 bridgehead atoms. The smallest absolute Gasteiger partial charge is 0.240 e. The minimum atomic E-state index is -3.53. The summed E-state index contributed by atoms with van der Waals surface area (Å²) in [5.41, 5.74) is 3.21. The third-order valence-electron chi connectivity index (χ3n) is 4.52. The predicted octanol–water partition coefficient (Wildman–Crippen LogP) is 2.97. The molecule has 3 rings (SSSR count). The molecule has 0 aromatic heterocycles. The molecule has 0 amide bonds. The van der Waals surface area contributed by atoms with Crippen molar-refractivity contribution in [2.24, 2.45) is 0 Å². The predicted molar refractivity (Wildman–Crippen MR) is 94.3 cm³/mol. The van der Waals surface area contributed by atoms with Gasteiger partial charge in [0.1, 0.15) is 0 Å². The average Bonchev–Trinajstić information content (AvgIpc) is 2.62. The van der Waals surface area contributed by atoms with E-state index in [-0.39, 0.29) is 6.54 Å². The van der Waals surface area contributed by atoms with Gasteiger partial charge in [0.15, 0.2) is 0 Å². The number of sulfonamides is 1. The van der Waals surface area contributed by atoms with E-state index in [2.05, 4.69) is 4.72 Å². The van der Waals surface area contributed by atoms with Gasteiger partial charge in [0.25, 0.3) is 0 Å². The third-order valence-corrected chi connectivity index (χ3v) is 5.98. The molecule has 0 saturated carbocycles. The highest BCUT2D eigenvalue weighted by Gasteiger charge is 2.18. The van der Waals surface area contributed by atoms with Crippen molar-refractivity contribution in [3.05, 3.63) is 65.2 Å². The Morgan fingerprint density at radius 3 is 2.46 bits per heavy atom. The van der Waals surface area contributed by atoms with Crippen molar-refractivity contribution in [3.8, 4) is 0 Å². The van der Waals surface area contributed by atoms with Gasteiger partial charge in [-0.25, -0.2) is 13.1 Å². The highest BCUT2D eigenvalue weighted by molar-refractivity contribution is 7.89. The zero-order chi connectivity index (χ0) is 17.0. The highest BCUT2D eigenvalue weighted by Crippen LogP contribution is 2.24. The first-order valence-corrected chi connectivity index (χ1v) is 9.89. The first-order valence-electron chi connectivity index (χ1n) is 8.41. The van der Waals surface area contributed by atoms with Crippen LogP contribution in [0.15, 0.2) is 53.4 Å². The van der Waals surface area contributed by atoms with E-state index in [0.717, 1.165) is 30.4 Å². The Morgan fingerprint density at radius 1 is 1.00 bits per heavy atom. The Hall–Kier alpha value is -1.69. The molecule has 0 heterocycles. The van der Waals surface area contributed by atoms with E-state index >= 15 is 0 Å². The van der Waals surface area contributed by atoms with Gasteiger partial charge in [0.05, 0.1) is 11.0 Å². The second-order valence-corrected chi connectivity index (χ2v) is 8.02. The van der Waals surface area contributed by atoms with Crippen LogP contribution in [0.5, 0.6) is 0 Å². The summed E-state index contributed by atoms with van der Waals surface area (Å²) in [4.78, 5) is 0.317. The molecule has 1 aliphatic rings. The molecule has 128 valence electrons. The summed E-state index contributed by atoms with van der Waals surface area (Å²) in [5.74, 6) is 0. The summed E-state index contributed by atoms with van der Waals surface area (Å²) in [6.45, 7) is 0.204. The summed E-state index contributed by atoms with van der Waals surface area (Å²) in [6.07, 6.45) is 3.95. The molecule has 24 heavy (non-hydrogen) atoms. The number of hydrogen-bond donors (Lipinski definition) is 2. The molecule has 2 aromatic carbocycles. The minimum absolute atomic E-state index is 0.204. The SMILES string of the molecule is O=S(=O)(NCC[C@H](O)c1ccccc1)c1ccc2c(c1)CCCC2. The molecule has 5 heteroatoms. The second kappa shape index (κ2) is 7.47. The Morgan fingerprint density at radius 2 is 1.71 bits per heavy atom. The van der Waals surface area contributed by atoms with E-state index in [1.165, 1.54) is 12.0 Å². The van der Waals surface area contributed by atoms with Gasteiger partial charge in [-0.15, -0.1) is 0 Å². The molecule has 2 N–H and O–H groups in total. The average molecular weight is 345 g/mol. The third kappa shape index (κ3) is 4.04. The van der Waals surface area contributed by atoms with Crippen molar-refractivity contribution >= 4 is 10.0 Å². The van der Waals surface area contributed by atoms with E-state index in [1.54, 1.807) is 12.1 Å². The van der Waals surface area contributed by atoms with Crippen molar-refractivity contribution in [1.82, 2.24) is 4.72 Å². The van der Waals surface area contributed by atoms with Crippen LogP contribution in [0.25, 0.3) is 0 Å². The highest BCUT2D eigenvalue weighted by atomic mass is 32.2. The zero-order valence-corrected chi connectivity index (χ0v) is 14.4. The standard InChI is InChI=1S/C19H23NO3S/c21-19(16-7-2-1-3-8-16)12-13-20-24(22,23)18-11-10-15-6-4-5-9-17(15)14-18/h1-3,7-8,10-11,14,19-21H,4-6,9,12-13H2/t19-/m0/s1. The van der Waals surface area contributed by atoms with Crippen LogP contribution in [-0.4, -0.2) is 20.1 Å². The van der Waals surface area contributed by atoms with Crippen LogP contribution in [0.2, 0.25) is 0 Å². The second-order valence-electron chi connectivity index (χ2n) is 6.25. The lowest BCUT2D eigenvalue weighted by Crippen LogP contribution is -2.26. The molecular weight excluding hydrogens is 322 g/mol. The molecule has 0 fully saturated rings. The Kier molecular flexibility index (Phi) is 5.33. The Labute approximate surface area is 143 Å². The maximum Gasteiger partial charge on any atom is 0.240 e. The van der Waals surface area contributed by atoms with Crippen LogP contribution in [-0.2, 0) is 22.9 Å². The molecule has 4 nitrogen and oxygen atoms in total. The van der Waals surface area contributed by atoms with Crippen LogP contribution in [0.3, 0.4) is 0 Å². The van der Waals surface area contributed by atoms with E-state index in [1.807, 2.05) is 36.4 Å². The lowest BCUT2D eigenvalue weighted by Gasteiger charge is -2.17. The largest absolute Gasteiger partial charge is 0.388 e. The van der Waals surface area contributed by atoms with Crippen molar-refractivity contribution < 1.29 is 13.5 Å². The Bertz CT molecular complexity index is 788. The van der Waals surface area contributed by atoms with Crippen LogP contribution >= 0.6 is 0 Å². The first kappa shape index (κ1) is 17.1. The molecule has 2 aromatic rings. The molecule has 1 aliphatic carbocycles. The molecule has 0 unspecified atom stereocenters. The van der Waals surface area contributed by atoms with Gasteiger partial charge in [-0.2, -0.15) is 0 Å². The van der Waals surface area contributed by atoms with Crippen molar-refractivity contribution in [3.63, 3.8) is 0 Å². The van der Waals surface area contributed by atoms with Gasteiger partial charge in [0, 0.05) is 6.54 Å². The van der Waals surface area contributed by atoms with E-state index < -0.39 is 16.1 Å². The summed E-state index contributed by atoms with van der Waals surface area (Å²) in [5, 5.41) is 10.1. The monoisotopic (exact) mass is 345 g/mol. The summed E-state index contributed by atoms with van der Waals surface area (Å²) in [6, 6.07) is 14.7. The number of nitrogens with one attached hydrogen (secondary N) is 1. The van der Waals surface area contributed by atoms with Crippen LogP contribution in [0, 0.1) is 0 Å². The maximum absolute atomic E-state index is 12.4. The maximum atomic E-state index is 12.4. The number of aryl methyl sites for hydroxylation is 2. The van der Waals surface area contributed by atoms with Crippen molar-refractivity contribution in [2.75, 3.05) is 6.54 Å². The topological polar surface area (TPSA) is 66.4 Å². The minimum Gasteiger partial charge on any atom is -0.388 e. The van der Waals surface area contributed by atoms with Crippen molar-refractivity contribution in [2.45, 2.75) is 43.1 Å². The Balaban J connectivity index is 1.62. The van der Waals surface area contributed by atoms with Crippen molar-refractivity contribution in [1.29, 1.82) is 0 Å². The normalized spacial score (nSPS) is 15.7. The number of rotatable bonds is 6. The molecule has 0 saturated heterocycles. The van der Waals surface area contributed by atoms with Gasteiger partial charge >= 0.3 is 0 Å². The van der Waals surface area contributed by atoms with Crippen LogP contribution in [0.4, 0.5) is 0 Å². The van der Waals surface area contributed by atoms with Gasteiger partial charge in [-0.3, -0.25) is 0 Å². The fourth-order valence-corrected chi connectivity index (χ4v) is 4.23. The van der Waals surface area contributed by atoms with Crippen LogP contribution in [0.1, 0.15) is 42.1 Å². The molecular formula is C19H23NO3S. The molecule has 0 radical (unpaired) electrons. The van der Waals surface area contributed by atoms with E-state index in [9.17, 15) is 13.5 Å². The zero-order valence-electron chi connectivity index (χ0n) is 13.6. The number of aliphatic hydroxyl groups excluding tert-OH is 1. The van der Waals surface area contributed by atoms with Gasteiger partial charge < -0.3 is 5.11 Å². The number of hydrogen-bond acceptors (Lipinski definition) is 3.